The van der Waals surface area contributed by atoms with Crippen molar-refractivity contribution in [3.63, 3.8) is 0 Å². The molecular weight excluding hydrogens is 104 g/mol. The van der Waals surface area contributed by atoms with Crippen LogP contribution >= 0.6 is 0 Å². The van der Waals surface area contributed by atoms with Crippen LogP contribution in [0.5, 0.6) is 0 Å². The molecule has 0 aromatic carbocycles. The van der Waals surface area contributed by atoms with Crippen LogP contribution < -0.4 is 0 Å². The summed E-state index contributed by atoms with van der Waals surface area (Å²) >= 11 is 0. The van der Waals surface area contributed by atoms with Crippen molar-refractivity contribution in [2.45, 2.75) is 6.88 Å². The molecule has 1 aromatic rings. The molecule has 0 fully saturated rings. The molecule has 3 nitrogen and oxygen atoms in total. The zero-order valence-corrected chi connectivity index (χ0v) is 4.09. The van der Waals surface area contributed by atoms with Crippen LogP contribution in [0.15, 0.2) is 12.4 Å². The molecule has 0 saturated heterocycles. The maximum Gasteiger partial charge on any atom is 0.194 e. The second kappa shape index (κ2) is 1.78. The van der Waals surface area contributed by atoms with Crippen molar-refractivity contribution in [2.24, 2.45) is 0 Å². The van der Waals surface area contributed by atoms with E-state index in [2.05, 4.69) is 9.97 Å². The summed E-state index contributed by atoms with van der Waals surface area (Å²) in [6, 6.07) is 0. The molecule has 1 rings (SSSR count). The summed E-state index contributed by atoms with van der Waals surface area (Å²) < 4.78 is 13.4. The number of Topliss-reactive ketones (excluding diaryl/α,β-unsaturated/α-hetero) is 1. The van der Waals surface area contributed by atoms with Crippen LogP contribution in [0, 0.1) is 0 Å². The van der Waals surface area contributed by atoms with Gasteiger partial charge in [0.2, 0.25) is 0 Å². The van der Waals surface area contributed by atoms with Crippen LogP contribution in [0.1, 0.15) is 20.2 Å². The Labute approximate surface area is 49.6 Å². The van der Waals surface area contributed by atoms with Gasteiger partial charge in [-0.15, -0.1) is 0 Å². The highest BCUT2D eigenvalue weighted by Gasteiger charge is 1.96. The predicted molar refractivity (Wildman–Crippen MR) is 28.6 cm³/mol. The fraction of sp³-hybridized carbons (Fsp3) is 0.200. The van der Waals surface area contributed by atoms with E-state index < -0.39 is 12.7 Å². The fourth-order valence-electron chi connectivity index (χ4n) is 0.400. The maximum absolute atomic E-state index is 10.7. The second-order valence-electron chi connectivity index (χ2n) is 1.30. The minimum absolute atomic E-state index is 0.0787. The lowest BCUT2D eigenvalue weighted by molar-refractivity contribution is 0.100. The van der Waals surface area contributed by atoms with Gasteiger partial charge in [-0.25, -0.2) is 4.98 Å². The van der Waals surface area contributed by atoms with Gasteiger partial charge in [-0.1, -0.05) is 0 Å². The van der Waals surface area contributed by atoms with E-state index in [0.29, 0.717) is 0 Å². The molecule has 0 aliphatic heterocycles. The average molecular weight is 112 g/mol. The van der Waals surface area contributed by atoms with Gasteiger partial charge < -0.3 is 4.98 Å². The number of hydrogen-bond acceptors (Lipinski definition) is 2. The SMILES string of the molecule is [2H]C([2H])C(=O)c1ncc[nH]1. The van der Waals surface area contributed by atoms with E-state index in [1.807, 2.05) is 0 Å². The van der Waals surface area contributed by atoms with Crippen molar-refractivity contribution in [1.29, 1.82) is 0 Å². The number of imidazole rings is 1. The smallest absolute Gasteiger partial charge is 0.194 e. The van der Waals surface area contributed by atoms with Gasteiger partial charge in [0.1, 0.15) is 0 Å². The molecule has 42 valence electrons. The molecule has 0 atom stereocenters. The van der Waals surface area contributed by atoms with E-state index in [9.17, 15) is 4.79 Å². The highest BCUT2D eigenvalue weighted by molar-refractivity contribution is 5.90. The molecule has 1 N–H and O–H groups in total. The Balaban J connectivity index is 2.78. The van der Waals surface area contributed by atoms with Gasteiger partial charge in [-0.05, 0) is 0 Å². The number of aromatic nitrogens is 2. The second-order valence-corrected chi connectivity index (χ2v) is 1.30. The molecule has 0 unspecified atom stereocenters. The molecule has 0 bridgehead atoms. The van der Waals surface area contributed by atoms with Crippen molar-refractivity contribution in [3.05, 3.63) is 18.2 Å². The van der Waals surface area contributed by atoms with Crippen LogP contribution in [-0.2, 0) is 0 Å². The molecule has 8 heavy (non-hydrogen) atoms. The molecule has 0 aliphatic rings. The first-order valence-corrected chi connectivity index (χ1v) is 2.10. The highest BCUT2D eigenvalue weighted by atomic mass is 16.1. The predicted octanol–water partition coefficient (Wildman–Crippen LogP) is 0.612. The first-order chi connectivity index (χ1) is 4.72. The topological polar surface area (TPSA) is 45.8 Å². The van der Waals surface area contributed by atoms with E-state index in [0.717, 1.165) is 0 Å². The lowest BCUT2D eigenvalue weighted by atomic mass is 10.4. The van der Waals surface area contributed by atoms with E-state index in [-0.39, 0.29) is 5.82 Å². The van der Waals surface area contributed by atoms with Crippen molar-refractivity contribution in [1.82, 2.24) is 9.97 Å². The number of carbonyl (C=O) groups is 1. The van der Waals surface area contributed by atoms with Gasteiger partial charge in [-0.2, -0.15) is 0 Å². The summed E-state index contributed by atoms with van der Waals surface area (Å²) in [4.78, 5) is 16.8. The number of carbonyl (C=O) groups excluding carboxylic acids is 1. The summed E-state index contributed by atoms with van der Waals surface area (Å²) in [6.45, 7) is -1.48. The van der Waals surface area contributed by atoms with Crippen LogP contribution in [0.3, 0.4) is 0 Å². The number of aromatic amines is 1. The van der Waals surface area contributed by atoms with E-state index in [1.54, 1.807) is 0 Å². The highest BCUT2D eigenvalue weighted by Crippen LogP contribution is 1.86. The molecule has 0 amide bonds. The van der Waals surface area contributed by atoms with Crippen LogP contribution in [0.2, 0.25) is 0 Å². The molecule has 0 aliphatic carbocycles. The normalized spacial score (nSPS) is 13.1. The van der Waals surface area contributed by atoms with E-state index >= 15 is 0 Å². The summed E-state index contributed by atoms with van der Waals surface area (Å²) in [5, 5.41) is 0. The molecule has 3 heteroatoms. The zero-order valence-electron chi connectivity index (χ0n) is 6.09. The van der Waals surface area contributed by atoms with E-state index in [1.165, 1.54) is 12.4 Å². The van der Waals surface area contributed by atoms with Gasteiger partial charge in [0, 0.05) is 22.0 Å². The molecule has 0 saturated carbocycles. The van der Waals surface area contributed by atoms with Crippen molar-refractivity contribution >= 4 is 5.78 Å². The number of nitrogens with zero attached hydrogens (tertiary/aromatic N) is 1. The number of H-pyrrole nitrogens is 1. The maximum atomic E-state index is 10.7. The summed E-state index contributed by atoms with van der Waals surface area (Å²) in [5.74, 6) is -0.528. The first kappa shape index (κ1) is 3.02. The Morgan fingerprint density at radius 2 is 3.00 bits per heavy atom. The standard InChI is InChI=1S/C5H6N2O/c1-4(8)5-6-2-3-7-5/h2-3H,1H3,(H,6,7)/i1D2. The monoisotopic (exact) mass is 112 g/mol. The van der Waals surface area contributed by atoms with Gasteiger partial charge >= 0.3 is 0 Å². The summed E-state index contributed by atoms with van der Waals surface area (Å²) in [6.07, 6.45) is 2.89. The number of ketones is 1. The molecule has 0 radical (unpaired) electrons. The number of rotatable bonds is 1. The van der Waals surface area contributed by atoms with Gasteiger partial charge in [-0.3, -0.25) is 4.79 Å². The van der Waals surface area contributed by atoms with E-state index in [4.69, 9.17) is 2.74 Å². The number of nitrogens with one attached hydrogen (secondary N) is 1. The third kappa shape index (κ3) is 0.753. The van der Waals surface area contributed by atoms with Gasteiger partial charge in [0.25, 0.3) is 0 Å². The molecule has 0 spiro atoms. The molecule has 1 aromatic heterocycles. The first-order valence-electron chi connectivity index (χ1n) is 3.25. The Hall–Kier alpha value is -1.12. The zero-order chi connectivity index (χ0) is 7.56. The van der Waals surface area contributed by atoms with Gasteiger partial charge in [0.15, 0.2) is 11.6 Å². The largest absolute Gasteiger partial charge is 0.342 e. The summed E-state index contributed by atoms with van der Waals surface area (Å²) in [7, 11) is 0. The van der Waals surface area contributed by atoms with Gasteiger partial charge in [0.05, 0.1) is 0 Å². The third-order valence-electron chi connectivity index (χ3n) is 0.732. The van der Waals surface area contributed by atoms with Crippen molar-refractivity contribution < 1.29 is 7.54 Å². The quantitative estimate of drug-likeness (QED) is 0.541. The van der Waals surface area contributed by atoms with Crippen LogP contribution in [0.25, 0.3) is 0 Å². The fourth-order valence-corrected chi connectivity index (χ4v) is 0.400. The van der Waals surface area contributed by atoms with Crippen molar-refractivity contribution in [3.8, 4) is 0 Å². The average Bonchev–Trinajstić information content (AvgIpc) is 2.36. The third-order valence-corrected chi connectivity index (χ3v) is 0.732. The number of hydrogen-bond donors (Lipinski definition) is 1. The lowest BCUT2D eigenvalue weighted by Crippen LogP contribution is -1.92. The van der Waals surface area contributed by atoms with Crippen molar-refractivity contribution in [2.75, 3.05) is 0 Å². The molecule has 1 heterocycles. The Bertz CT molecular complexity index is 220. The summed E-state index contributed by atoms with van der Waals surface area (Å²) in [5.41, 5.74) is 0. The minimum atomic E-state index is -1.48. The van der Waals surface area contributed by atoms with Crippen LogP contribution in [-0.4, -0.2) is 15.8 Å². The Morgan fingerprint density at radius 1 is 2.12 bits per heavy atom. The lowest BCUT2D eigenvalue weighted by Gasteiger charge is -1.80. The minimum Gasteiger partial charge on any atom is -0.342 e. The Morgan fingerprint density at radius 3 is 3.50 bits per heavy atom. The molecular formula is C5H6N2O. The van der Waals surface area contributed by atoms with Crippen LogP contribution in [0.4, 0.5) is 0 Å². The Kier molecular flexibility index (Phi) is 0.670.